The van der Waals surface area contributed by atoms with E-state index in [9.17, 15) is 9.59 Å². The van der Waals surface area contributed by atoms with Crippen LogP contribution in [0.5, 0.6) is 0 Å². The Kier molecular flexibility index (Phi) is 6.67. The van der Waals surface area contributed by atoms with Gasteiger partial charge in [-0.15, -0.1) is 0 Å². The summed E-state index contributed by atoms with van der Waals surface area (Å²) in [4.78, 5) is 33.1. The van der Waals surface area contributed by atoms with E-state index in [0.29, 0.717) is 17.5 Å². The van der Waals surface area contributed by atoms with E-state index in [4.69, 9.17) is 4.74 Å². The molecule has 0 bridgehead atoms. The SMILES string of the molecule is COC1CCN(C(=O)c2cc3cc(C(=O)N4CCN(C(C)C)CC4)ccc3n2CC2CC2)CC1. The third kappa shape index (κ3) is 4.73. The number of carbonyl (C=O) groups is 2. The molecule has 0 atom stereocenters. The molecule has 0 spiro atoms. The molecule has 2 amide bonds. The normalized spacial score (nSPS) is 20.5. The zero-order valence-corrected chi connectivity index (χ0v) is 20.8. The predicted octanol–water partition coefficient (Wildman–Crippen LogP) is 3.47. The highest BCUT2D eigenvalue weighted by Gasteiger charge is 2.30. The fraction of sp³-hybridized carbons (Fsp3) is 0.630. The van der Waals surface area contributed by atoms with E-state index in [0.717, 1.165) is 75.3 Å². The average molecular weight is 467 g/mol. The number of benzene rings is 1. The van der Waals surface area contributed by atoms with Crippen LogP contribution >= 0.6 is 0 Å². The highest BCUT2D eigenvalue weighted by molar-refractivity contribution is 6.02. The van der Waals surface area contributed by atoms with Crippen molar-refractivity contribution < 1.29 is 14.3 Å². The van der Waals surface area contributed by atoms with Gasteiger partial charge >= 0.3 is 0 Å². The molecular weight excluding hydrogens is 428 g/mol. The molecule has 3 heterocycles. The Bertz CT molecular complexity index is 1040. The number of carbonyl (C=O) groups excluding carboxylic acids is 2. The Morgan fingerprint density at radius 3 is 2.21 bits per heavy atom. The number of piperazine rings is 1. The molecular formula is C27H38N4O3. The minimum Gasteiger partial charge on any atom is -0.381 e. The molecule has 7 nitrogen and oxygen atoms in total. The van der Waals surface area contributed by atoms with E-state index in [1.165, 1.54) is 12.8 Å². The van der Waals surface area contributed by atoms with Crippen LogP contribution in [0.3, 0.4) is 0 Å². The molecule has 184 valence electrons. The first kappa shape index (κ1) is 23.4. The Balaban J connectivity index is 1.38. The number of methoxy groups -OCH3 is 1. The molecule has 34 heavy (non-hydrogen) atoms. The van der Waals surface area contributed by atoms with E-state index >= 15 is 0 Å². The minimum atomic E-state index is 0.0924. The number of nitrogens with zero attached hydrogens (tertiary/aromatic N) is 4. The van der Waals surface area contributed by atoms with Gasteiger partial charge in [-0.1, -0.05) is 0 Å². The molecule has 2 aliphatic heterocycles. The lowest BCUT2D eigenvalue weighted by atomic mass is 10.1. The summed E-state index contributed by atoms with van der Waals surface area (Å²) in [5, 5.41) is 0.988. The van der Waals surface area contributed by atoms with E-state index in [-0.39, 0.29) is 17.9 Å². The van der Waals surface area contributed by atoms with Gasteiger partial charge in [0.2, 0.25) is 0 Å². The standard InChI is InChI=1S/C27H38N4O3/c1-19(2)28-12-14-30(15-13-28)26(32)21-6-7-24-22(16-21)17-25(31(24)18-20-4-5-20)27(33)29-10-8-23(34-3)9-11-29/h6-7,16-17,19-20,23H,4-5,8-15,18H2,1-3H3. The highest BCUT2D eigenvalue weighted by atomic mass is 16.5. The van der Waals surface area contributed by atoms with Crippen molar-refractivity contribution in [3.63, 3.8) is 0 Å². The molecule has 2 aromatic rings. The van der Waals surface area contributed by atoms with Crippen LogP contribution in [0.2, 0.25) is 0 Å². The molecule has 3 aliphatic rings. The minimum absolute atomic E-state index is 0.0924. The second-order valence-corrected chi connectivity index (χ2v) is 10.5. The van der Waals surface area contributed by atoms with Gasteiger partial charge in [-0.3, -0.25) is 14.5 Å². The molecule has 1 aliphatic carbocycles. The molecule has 2 saturated heterocycles. The Morgan fingerprint density at radius 1 is 0.912 bits per heavy atom. The van der Waals surface area contributed by atoms with Gasteiger partial charge in [0.05, 0.1) is 6.10 Å². The van der Waals surface area contributed by atoms with Gasteiger partial charge in [0.1, 0.15) is 5.69 Å². The lowest BCUT2D eigenvalue weighted by molar-refractivity contribution is 0.0345. The Labute approximate surface area is 202 Å². The lowest BCUT2D eigenvalue weighted by Crippen LogP contribution is -2.50. The van der Waals surface area contributed by atoms with Crippen molar-refractivity contribution in [1.29, 1.82) is 0 Å². The zero-order chi connectivity index (χ0) is 23.8. The fourth-order valence-electron chi connectivity index (χ4n) is 5.42. The number of likely N-dealkylation sites (tertiary alicyclic amines) is 1. The summed E-state index contributed by atoms with van der Waals surface area (Å²) >= 11 is 0. The summed E-state index contributed by atoms with van der Waals surface area (Å²) in [5.74, 6) is 0.846. The average Bonchev–Trinajstić information content (AvgIpc) is 3.62. The quantitative estimate of drug-likeness (QED) is 0.654. The van der Waals surface area contributed by atoms with Crippen molar-refractivity contribution >= 4 is 22.7 Å². The van der Waals surface area contributed by atoms with Crippen molar-refractivity contribution in [1.82, 2.24) is 19.3 Å². The van der Waals surface area contributed by atoms with E-state index in [1.807, 2.05) is 34.1 Å². The summed E-state index contributed by atoms with van der Waals surface area (Å²) in [6.45, 7) is 10.1. The summed E-state index contributed by atoms with van der Waals surface area (Å²) in [5.41, 5.74) is 2.53. The van der Waals surface area contributed by atoms with Gasteiger partial charge in [-0.25, -0.2) is 0 Å². The van der Waals surface area contributed by atoms with Gasteiger partial charge in [-0.05, 0) is 69.7 Å². The van der Waals surface area contributed by atoms with Crippen LogP contribution in [0.15, 0.2) is 24.3 Å². The van der Waals surface area contributed by atoms with Crippen LogP contribution in [-0.2, 0) is 11.3 Å². The molecule has 3 fully saturated rings. The van der Waals surface area contributed by atoms with Gasteiger partial charge in [0, 0.05) is 75.4 Å². The first-order valence-electron chi connectivity index (χ1n) is 12.9. The van der Waals surface area contributed by atoms with Crippen LogP contribution < -0.4 is 0 Å². The number of rotatable bonds is 6. The molecule has 0 N–H and O–H groups in total. The van der Waals surface area contributed by atoms with E-state index in [2.05, 4.69) is 23.3 Å². The first-order chi connectivity index (χ1) is 16.4. The zero-order valence-electron chi connectivity index (χ0n) is 20.8. The molecule has 7 heteroatoms. The fourth-order valence-corrected chi connectivity index (χ4v) is 5.42. The monoisotopic (exact) mass is 466 g/mol. The number of hydrogen-bond acceptors (Lipinski definition) is 4. The van der Waals surface area contributed by atoms with Crippen LogP contribution in [0.1, 0.15) is 60.4 Å². The van der Waals surface area contributed by atoms with E-state index in [1.54, 1.807) is 7.11 Å². The van der Waals surface area contributed by atoms with Gasteiger partial charge in [-0.2, -0.15) is 0 Å². The number of hydrogen-bond donors (Lipinski definition) is 0. The molecule has 1 aromatic heterocycles. The number of fused-ring (bicyclic) bond motifs is 1. The number of aromatic nitrogens is 1. The molecule has 1 saturated carbocycles. The van der Waals surface area contributed by atoms with Crippen LogP contribution in [0, 0.1) is 5.92 Å². The first-order valence-corrected chi connectivity index (χ1v) is 12.9. The molecule has 5 rings (SSSR count). The number of amides is 2. The third-order valence-corrected chi connectivity index (χ3v) is 7.90. The summed E-state index contributed by atoms with van der Waals surface area (Å²) in [6.07, 6.45) is 4.47. The smallest absolute Gasteiger partial charge is 0.270 e. The number of piperidine rings is 1. The van der Waals surface area contributed by atoms with Crippen molar-refractivity contribution in [2.45, 2.75) is 58.2 Å². The van der Waals surface area contributed by atoms with Gasteiger partial charge in [0.15, 0.2) is 0 Å². The van der Waals surface area contributed by atoms with Gasteiger partial charge in [0.25, 0.3) is 11.8 Å². The van der Waals surface area contributed by atoms with Crippen LogP contribution in [0.25, 0.3) is 10.9 Å². The second kappa shape index (κ2) is 9.70. The van der Waals surface area contributed by atoms with E-state index < -0.39 is 0 Å². The molecule has 1 aromatic carbocycles. The Morgan fingerprint density at radius 2 is 1.59 bits per heavy atom. The van der Waals surface area contributed by atoms with Crippen molar-refractivity contribution in [2.24, 2.45) is 5.92 Å². The van der Waals surface area contributed by atoms with Crippen molar-refractivity contribution in [2.75, 3.05) is 46.4 Å². The molecule has 0 radical (unpaired) electrons. The molecule has 0 unspecified atom stereocenters. The maximum Gasteiger partial charge on any atom is 0.270 e. The van der Waals surface area contributed by atoms with Crippen LogP contribution in [-0.4, -0.2) is 89.6 Å². The lowest BCUT2D eigenvalue weighted by Gasteiger charge is -2.37. The summed E-state index contributed by atoms with van der Waals surface area (Å²) in [6, 6.07) is 8.50. The van der Waals surface area contributed by atoms with Crippen molar-refractivity contribution in [3.05, 3.63) is 35.5 Å². The van der Waals surface area contributed by atoms with Crippen LogP contribution in [0.4, 0.5) is 0 Å². The summed E-state index contributed by atoms with van der Waals surface area (Å²) in [7, 11) is 1.75. The second-order valence-electron chi connectivity index (χ2n) is 10.5. The maximum atomic E-state index is 13.5. The third-order valence-electron chi connectivity index (χ3n) is 7.90. The Hall–Kier alpha value is -2.38. The topological polar surface area (TPSA) is 58.0 Å². The van der Waals surface area contributed by atoms with Gasteiger partial charge < -0.3 is 19.1 Å². The van der Waals surface area contributed by atoms with Crippen molar-refractivity contribution in [3.8, 4) is 0 Å². The summed E-state index contributed by atoms with van der Waals surface area (Å²) < 4.78 is 7.68. The maximum absolute atomic E-state index is 13.5. The predicted molar refractivity (Wildman–Crippen MR) is 133 cm³/mol. The number of ether oxygens (including phenoxy) is 1. The highest BCUT2D eigenvalue weighted by Crippen LogP contribution is 2.34. The largest absolute Gasteiger partial charge is 0.381 e.